The Morgan fingerprint density at radius 2 is 0.973 bits per heavy atom. The summed E-state index contributed by atoms with van der Waals surface area (Å²) < 4.78 is 102. The molecule has 0 aromatic heterocycles. The minimum atomic E-state index is -0.910. The number of ketones is 1. The summed E-state index contributed by atoms with van der Waals surface area (Å²) in [6.45, 7) is 16.2. The van der Waals surface area contributed by atoms with Gasteiger partial charge < -0.3 is 86.0 Å². The number of carbonyl (C=O) groups excluding carboxylic acids is 1. The van der Waals surface area contributed by atoms with Crippen molar-refractivity contribution in [2.75, 3.05) is 28.4 Å². The summed E-state index contributed by atoms with van der Waals surface area (Å²) >= 11 is 0. The molecule has 7 saturated heterocycles. The number of rotatable bonds is 14. The van der Waals surface area contributed by atoms with Gasteiger partial charge in [0.15, 0.2) is 37.2 Å². The monoisotopic (exact) mass is 1050 g/mol. The zero-order chi connectivity index (χ0) is 52.6. The molecule has 0 aromatic carbocycles. The predicted molar refractivity (Wildman–Crippen MR) is 261 cm³/mol. The van der Waals surface area contributed by atoms with E-state index in [-0.39, 0.29) is 60.3 Å². The van der Waals surface area contributed by atoms with Crippen LogP contribution in [0.3, 0.4) is 0 Å². The molecule has 2 N–H and O–H groups in total. The van der Waals surface area contributed by atoms with E-state index in [2.05, 4.69) is 20.8 Å². The van der Waals surface area contributed by atoms with Gasteiger partial charge in [-0.25, -0.2) is 0 Å². The smallest absolute Gasteiger partial charge is 0.172 e. The van der Waals surface area contributed by atoms with Gasteiger partial charge in [-0.05, 0) is 98.3 Å². The number of methoxy groups -OCH3 is 4. The molecule has 0 unspecified atom stereocenters. The molecular weight excluding hydrogens is 965 g/mol. The minimum absolute atomic E-state index is 0.00484. The van der Waals surface area contributed by atoms with E-state index in [9.17, 15) is 15.0 Å². The molecule has 424 valence electrons. The van der Waals surface area contributed by atoms with Crippen molar-refractivity contribution in [3.63, 3.8) is 0 Å². The molecule has 10 aliphatic rings. The summed E-state index contributed by atoms with van der Waals surface area (Å²) in [4.78, 5) is 13.4. The molecule has 3 saturated carbocycles. The van der Waals surface area contributed by atoms with Gasteiger partial charge in [-0.1, -0.05) is 6.92 Å². The van der Waals surface area contributed by atoms with Crippen molar-refractivity contribution in [2.45, 2.75) is 286 Å². The Hall–Kier alpha value is -1.05. The Bertz CT molecular complexity index is 1890. The maximum absolute atomic E-state index is 13.4. The number of ether oxygens (including phenoxy) is 16. The van der Waals surface area contributed by atoms with Crippen LogP contribution >= 0.6 is 0 Å². The summed E-state index contributed by atoms with van der Waals surface area (Å²) in [5, 5.41) is 22.0. The second-order valence-corrected chi connectivity index (χ2v) is 24.2. The Labute approximate surface area is 438 Å². The number of aliphatic hydroxyl groups is 2. The molecule has 0 amide bonds. The zero-order valence-electron chi connectivity index (χ0n) is 46.0. The highest BCUT2D eigenvalue weighted by Crippen LogP contribution is 2.67. The molecule has 1 spiro atoms. The highest BCUT2D eigenvalue weighted by atomic mass is 16.8. The van der Waals surface area contributed by atoms with Gasteiger partial charge >= 0.3 is 0 Å². The van der Waals surface area contributed by atoms with Gasteiger partial charge in [-0.2, -0.15) is 0 Å². The third-order valence-electron chi connectivity index (χ3n) is 20.1. The Kier molecular flexibility index (Phi) is 17.1. The molecule has 3 aliphatic carbocycles. The fourth-order valence-electron chi connectivity index (χ4n) is 15.8. The fourth-order valence-corrected chi connectivity index (χ4v) is 15.8. The number of hydrogen-bond donors (Lipinski definition) is 2. The van der Waals surface area contributed by atoms with Crippen molar-refractivity contribution >= 4 is 5.78 Å². The van der Waals surface area contributed by atoms with E-state index in [0.29, 0.717) is 43.8 Å². The Morgan fingerprint density at radius 1 is 0.500 bits per heavy atom. The van der Waals surface area contributed by atoms with Gasteiger partial charge in [0.2, 0.25) is 0 Å². The van der Waals surface area contributed by atoms with Crippen molar-refractivity contribution in [1.82, 2.24) is 0 Å². The predicted octanol–water partition coefficient (Wildman–Crippen LogP) is 5.47. The van der Waals surface area contributed by atoms with E-state index in [4.69, 9.17) is 75.8 Å². The molecule has 19 heteroatoms. The van der Waals surface area contributed by atoms with Crippen LogP contribution in [0.1, 0.15) is 139 Å². The summed E-state index contributed by atoms with van der Waals surface area (Å²) in [5.41, 5.74) is -0.446. The van der Waals surface area contributed by atoms with Gasteiger partial charge in [-0.3, -0.25) is 4.79 Å². The number of fused-ring (bicyclic) bond motifs is 5. The van der Waals surface area contributed by atoms with Crippen LogP contribution in [-0.4, -0.2) is 192 Å². The summed E-state index contributed by atoms with van der Waals surface area (Å²) in [6.07, 6.45) is -1.78. The van der Waals surface area contributed by atoms with Crippen molar-refractivity contribution in [3.8, 4) is 0 Å². The Balaban J connectivity index is 0.681. The van der Waals surface area contributed by atoms with Gasteiger partial charge in [0.1, 0.15) is 36.3 Å². The summed E-state index contributed by atoms with van der Waals surface area (Å²) in [6, 6.07) is 0. The van der Waals surface area contributed by atoms with Crippen molar-refractivity contribution < 1.29 is 90.8 Å². The first-order valence-electron chi connectivity index (χ1n) is 28.2. The van der Waals surface area contributed by atoms with Gasteiger partial charge in [0, 0.05) is 85.2 Å². The van der Waals surface area contributed by atoms with Gasteiger partial charge in [0.05, 0.1) is 84.8 Å². The maximum atomic E-state index is 13.4. The van der Waals surface area contributed by atoms with Gasteiger partial charge in [0.25, 0.3) is 0 Å². The molecule has 0 radical (unpaired) electrons. The average Bonchev–Trinajstić information content (AvgIpc) is 3.92. The molecule has 19 nitrogen and oxygen atoms in total. The van der Waals surface area contributed by atoms with Crippen LogP contribution in [0.5, 0.6) is 0 Å². The molecule has 0 aromatic rings. The van der Waals surface area contributed by atoms with Crippen molar-refractivity contribution in [2.24, 2.45) is 28.6 Å². The van der Waals surface area contributed by atoms with E-state index in [1.54, 1.807) is 35.4 Å². The van der Waals surface area contributed by atoms with Crippen LogP contribution in [0.4, 0.5) is 0 Å². The van der Waals surface area contributed by atoms with E-state index in [0.717, 1.165) is 44.9 Å². The molecule has 7 aliphatic heterocycles. The lowest BCUT2D eigenvalue weighted by atomic mass is 9.52. The topological polar surface area (TPSA) is 205 Å². The number of carbonyl (C=O) groups is 1. The van der Waals surface area contributed by atoms with Crippen molar-refractivity contribution in [1.29, 1.82) is 0 Å². The van der Waals surface area contributed by atoms with E-state index >= 15 is 0 Å². The third kappa shape index (κ3) is 10.5. The lowest BCUT2D eigenvalue weighted by molar-refractivity contribution is -0.351. The largest absolute Gasteiger partial charge is 0.390 e. The maximum Gasteiger partial charge on any atom is 0.172 e. The van der Waals surface area contributed by atoms with Crippen LogP contribution in [0, 0.1) is 28.6 Å². The van der Waals surface area contributed by atoms with E-state index < -0.39 is 116 Å². The molecule has 74 heavy (non-hydrogen) atoms. The molecular formula is C55H90O19. The van der Waals surface area contributed by atoms with Crippen LogP contribution < -0.4 is 0 Å². The van der Waals surface area contributed by atoms with E-state index in [1.807, 2.05) is 27.7 Å². The average molecular weight is 1060 g/mol. The number of hydrogen-bond acceptors (Lipinski definition) is 19. The summed E-state index contributed by atoms with van der Waals surface area (Å²) in [7, 11) is 6.53. The zero-order valence-corrected chi connectivity index (χ0v) is 46.0. The van der Waals surface area contributed by atoms with Crippen LogP contribution in [-0.2, 0) is 80.6 Å². The second kappa shape index (κ2) is 22.5. The van der Waals surface area contributed by atoms with E-state index in [1.165, 1.54) is 0 Å². The number of Topliss-reactive ketones (excluding diaryl/α,β-unsaturated/α-hetero) is 1. The van der Waals surface area contributed by atoms with Crippen LogP contribution in [0.2, 0.25) is 0 Å². The lowest BCUT2D eigenvalue weighted by Gasteiger charge is -2.57. The standard InChI is InChI=1S/C55H90O19/c1-26-34-13-14-41(57)54(34,8)42-25-40-53(7)17-16-33(19-32(53)15-18-55(40,73-26)74-42)68-44-22-37(60-10)50(29(4)65-44)70-43-20-35(56)49(28(3)64-43)69-46-23-38(61-11)52(30(5)66-46)72-47-24-39(62-12)51(31(6)67-47)71-45-21-36(59-9)48(58)27(2)63-45/h26-40,42-52,56,58H,13-25H2,1-12H3/t26-,27+,28+,29+,30+,31+,32-,33-,34-,35-,36-,37+,38+,39-,40+,42+,43-,44-,45-,46-,47-,48+,49+,50+,51+,52+,53-,54+,55-/m0/s1. The highest BCUT2D eigenvalue weighted by Gasteiger charge is 2.70. The summed E-state index contributed by atoms with van der Waals surface area (Å²) in [5.74, 6) is 0.639. The second-order valence-electron chi connectivity index (χ2n) is 24.2. The molecule has 10 rings (SSSR count). The molecule has 29 atom stereocenters. The number of aliphatic hydroxyl groups excluding tert-OH is 2. The van der Waals surface area contributed by atoms with Crippen LogP contribution in [0.25, 0.3) is 0 Å². The quantitative estimate of drug-likeness (QED) is 0.207. The molecule has 7 heterocycles. The first-order chi connectivity index (χ1) is 35.3. The SMILES string of the molecule is CO[C@H]1C[C@H](O[C@H]2[C@@H](OC)C[C@H](O[C@@H]3[C@@H](C)O[C@@H](O[C@H]4[C@@H](O)C[C@H](O[C@@H]5[C@@H](C)O[C@@H](O[C@H]6CC[C@@]7(C)[C@@H](CC[C@@]89O[C@@H](C)[C@@H]%10CCC(=O)[C@]%10(C)[C@@H](C[C@@H]87)O9)C6)C[C@H]5OC)O[C@@H]4C)C[C@H]3OC)O[C@@H]2C)O[C@H](C)[C@H]1O. The van der Waals surface area contributed by atoms with Crippen molar-refractivity contribution in [3.05, 3.63) is 0 Å². The highest BCUT2D eigenvalue weighted by molar-refractivity contribution is 5.88. The lowest BCUT2D eigenvalue weighted by Crippen LogP contribution is -2.58. The fraction of sp³-hybridized carbons (Fsp3) is 0.982. The first kappa shape index (κ1) is 56.2. The normalized spacial score (nSPS) is 54.8. The minimum Gasteiger partial charge on any atom is -0.390 e. The third-order valence-corrected chi connectivity index (χ3v) is 20.1. The molecule has 10 fully saturated rings. The van der Waals surface area contributed by atoms with Gasteiger partial charge in [-0.15, -0.1) is 0 Å². The Morgan fingerprint density at radius 3 is 1.50 bits per heavy atom. The first-order valence-corrected chi connectivity index (χ1v) is 28.2. The van der Waals surface area contributed by atoms with Crippen LogP contribution in [0.15, 0.2) is 0 Å². The molecule has 2 bridgehead atoms.